The number of para-hydroxylation sites is 1. The summed E-state index contributed by atoms with van der Waals surface area (Å²) in [7, 11) is 0. The maximum absolute atomic E-state index is 13.8. The lowest BCUT2D eigenvalue weighted by molar-refractivity contribution is 0.262. The summed E-state index contributed by atoms with van der Waals surface area (Å²) < 4.78 is 25.5. The Morgan fingerprint density at radius 1 is 1.00 bits per heavy atom. The highest BCUT2D eigenvalue weighted by molar-refractivity contribution is 5.85. The minimum atomic E-state index is -0.256. The quantitative estimate of drug-likeness (QED) is 0.562. The average Bonchev–Trinajstić information content (AvgIpc) is 2.59. The molecule has 0 unspecified atom stereocenters. The number of rotatable bonds is 10. The van der Waals surface area contributed by atoms with Gasteiger partial charge in [0.1, 0.15) is 12.4 Å². The van der Waals surface area contributed by atoms with E-state index in [-0.39, 0.29) is 24.8 Å². The van der Waals surface area contributed by atoms with Crippen LogP contribution in [0.5, 0.6) is 11.5 Å². The standard InChI is InChI=1S/C21H28FNO2.ClH/c1-4-24-20-11-7-9-17(14-23-13-12-16(2)3)21(20)25-15-18-8-5-6-10-19(18)22;/h5-11,16,23H,4,12-15H2,1-3H3;1H. The van der Waals surface area contributed by atoms with E-state index in [4.69, 9.17) is 9.47 Å². The minimum Gasteiger partial charge on any atom is -0.490 e. The van der Waals surface area contributed by atoms with E-state index < -0.39 is 0 Å². The molecule has 3 nitrogen and oxygen atoms in total. The molecule has 0 amide bonds. The SMILES string of the molecule is CCOc1cccc(CNCCC(C)C)c1OCc1ccccc1F.Cl. The molecule has 0 radical (unpaired) electrons. The van der Waals surface area contributed by atoms with Crippen molar-refractivity contribution in [3.05, 3.63) is 59.4 Å². The fraction of sp³-hybridized carbons (Fsp3) is 0.429. The minimum absolute atomic E-state index is 0. The van der Waals surface area contributed by atoms with Crippen molar-refractivity contribution in [3.8, 4) is 11.5 Å². The average molecular weight is 382 g/mol. The van der Waals surface area contributed by atoms with Gasteiger partial charge in [0, 0.05) is 17.7 Å². The van der Waals surface area contributed by atoms with Gasteiger partial charge in [-0.3, -0.25) is 0 Å². The molecule has 0 spiro atoms. The van der Waals surface area contributed by atoms with Crippen LogP contribution in [0.4, 0.5) is 4.39 Å². The Kier molecular flexibility index (Phi) is 10.1. The van der Waals surface area contributed by atoms with Crippen molar-refractivity contribution in [1.29, 1.82) is 0 Å². The predicted molar refractivity (Wildman–Crippen MR) is 107 cm³/mol. The van der Waals surface area contributed by atoms with E-state index in [1.54, 1.807) is 12.1 Å². The summed E-state index contributed by atoms with van der Waals surface area (Å²) in [5.41, 5.74) is 1.55. The van der Waals surface area contributed by atoms with Crippen LogP contribution in [0.15, 0.2) is 42.5 Å². The lowest BCUT2D eigenvalue weighted by atomic mass is 10.1. The molecule has 2 aromatic rings. The van der Waals surface area contributed by atoms with Gasteiger partial charge < -0.3 is 14.8 Å². The van der Waals surface area contributed by atoms with Gasteiger partial charge >= 0.3 is 0 Å². The van der Waals surface area contributed by atoms with Crippen LogP contribution in [0, 0.1) is 11.7 Å². The van der Waals surface area contributed by atoms with Crippen LogP contribution in [-0.4, -0.2) is 13.2 Å². The molecule has 0 bridgehead atoms. The second-order valence-corrected chi connectivity index (χ2v) is 6.42. The fourth-order valence-corrected chi connectivity index (χ4v) is 2.51. The molecule has 2 rings (SSSR count). The van der Waals surface area contributed by atoms with Crippen LogP contribution >= 0.6 is 12.4 Å². The van der Waals surface area contributed by atoms with Crippen LogP contribution in [-0.2, 0) is 13.2 Å². The molecule has 0 aliphatic rings. The molecule has 0 fully saturated rings. The normalized spacial score (nSPS) is 10.5. The van der Waals surface area contributed by atoms with Gasteiger partial charge in [0.2, 0.25) is 0 Å². The number of hydrogen-bond donors (Lipinski definition) is 1. The van der Waals surface area contributed by atoms with Crippen LogP contribution in [0.1, 0.15) is 38.3 Å². The summed E-state index contributed by atoms with van der Waals surface area (Å²) in [6, 6.07) is 12.5. The summed E-state index contributed by atoms with van der Waals surface area (Å²) in [5, 5.41) is 3.44. The van der Waals surface area contributed by atoms with E-state index >= 15 is 0 Å². The lowest BCUT2D eigenvalue weighted by Crippen LogP contribution is -2.17. The number of halogens is 2. The summed E-state index contributed by atoms with van der Waals surface area (Å²) in [6.45, 7) is 8.73. The Hall–Kier alpha value is -1.78. The Morgan fingerprint density at radius 2 is 1.73 bits per heavy atom. The molecule has 0 saturated heterocycles. The summed E-state index contributed by atoms with van der Waals surface area (Å²) in [5.74, 6) is 1.79. The third-order valence-electron chi connectivity index (χ3n) is 3.90. The number of nitrogens with one attached hydrogen (secondary N) is 1. The third kappa shape index (κ3) is 6.85. The van der Waals surface area contributed by atoms with Gasteiger partial charge in [-0.2, -0.15) is 0 Å². The smallest absolute Gasteiger partial charge is 0.166 e. The Labute approximate surface area is 162 Å². The van der Waals surface area contributed by atoms with E-state index in [0.717, 1.165) is 18.5 Å². The van der Waals surface area contributed by atoms with E-state index in [2.05, 4.69) is 19.2 Å². The van der Waals surface area contributed by atoms with Gasteiger partial charge in [0.05, 0.1) is 6.61 Å². The zero-order valence-electron chi connectivity index (χ0n) is 15.8. The summed E-state index contributed by atoms with van der Waals surface area (Å²) in [6.07, 6.45) is 1.12. The van der Waals surface area contributed by atoms with Crippen molar-refractivity contribution >= 4 is 12.4 Å². The Balaban J connectivity index is 0.00000338. The highest BCUT2D eigenvalue weighted by Gasteiger charge is 2.12. The Morgan fingerprint density at radius 3 is 2.42 bits per heavy atom. The van der Waals surface area contributed by atoms with Gasteiger partial charge in [-0.05, 0) is 37.9 Å². The van der Waals surface area contributed by atoms with Crippen LogP contribution in [0.25, 0.3) is 0 Å². The second-order valence-electron chi connectivity index (χ2n) is 6.42. The largest absolute Gasteiger partial charge is 0.490 e. The van der Waals surface area contributed by atoms with Gasteiger partial charge in [0.15, 0.2) is 11.5 Å². The first kappa shape index (κ1) is 22.3. The van der Waals surface area contributed by atoms with Gasteiger partial charge in [-0.1, -0.05) is 44.2 Å². The van der Waals surface area contributed by atoms with Crippen molar-refractivity contribution in [3.63, 3.8) is 0 Å². The molecule has 0 saturated carbocycles. The molecule has 0 atom stereocenters. The van der Waals surface area contributed by atoms with Gasteiger partial charge in [0.25, 0.3) is 0 Å². The monoisotopic (exact) mass is 381 g/mol. The first-order valence-corrected chi connectivity index (χ1v) is 8.93. The van der Waals surface area contributed by atoms with Crippen molar-refractivity contribution in [2.45, 2.75) is 40.3 Å². The van der Waals surface area contributed by atoms with Crippen LogP contribution in [0.2, 0.25) is 0 Å². The maximum Gasteiger partial charge on any atom is 0.166 e. The molecule has 0 aliphatic heterocycles. The van der Waals surface area contributed by atoms with E-state index in [0.29, 0.717) is 36.1 Å². The van der Waals surface area contributed by atoms with Gasteiger partial charge in [-0.15, -0.1) is 12.4 Å². The molecular formula is C21H29ClFNO2. The molecule has 2 aromatic carbocycles. The lowest BCUT2D eigenvalue weighted by Gasteiger charge is -2.17. The van der Waals surface area contributed by atoms with Crippen molar-refractivity contribution < 1.29 is 13.9 Å². The highest BCUT2D eigenvalue weighted by atomic mass is 35.5. The number of hydrogen-bond acceptors (Lipinski definition) is 3. The second kappa shape index (κ2) is 11.8. The highest BCUT2D eigenvalue weighted by Crippen LogP contribution is 2.32. The fourth-order valence-electron chi connectivity index (χ4n) is 2.51. The van der Waals surface area contributed by atoms with Crippen molar-refractivity contribution in [2.24, 2.45) is 5.92 Å². The number of benzene rings is 2. The summed E-state index contributed by atoms with van der Waals surface area (Å²) in [4.78, 5) is 0. The van der Waals surface area contributed by atoms with Crippen molar-refractivity contribution in [2.75, 3.05) is 13.2 Å². The first-order valence-electron chi connectivity index (χ1n) is 8.93. The zero-order chi connectivity index (χ0) is 18.1. The maximum atomic E-state index is 13.8. The van der Waals surface area contributed by atoms with Crippen molar-refractivity contribution in [1.82, 2.24) is 5.32 Å². The van der Waals surface area contributed by atoms with E-state index in [9.17, 15) is 4.39 Å². The molecule has 0 aromatic heterocycles. The molecule has 1 N–H and O–H groups in total. The third-order valence-corrected chi connectivity index (χ3v) is 3.90. The van der Waals surface area contributed by atoms with Crippen LogP contribution < -0.4 is 14.8 Å². The molecule has 0 heterocycles. The summed E-state index contributed by atoms with van der Waals surface area (Å²) >= 11 is 0. The zero-order valence-corrected chi connectivity index (χ0v) is 16.6. The van der Waals surface area contributed by atoms with E-state index in [1.165, 1.54) is 6.07 Å². The predicted octanol–water partition coefficient (Wildman–Crippen LogP) is 5.36. The molecular weight excluding hydrogens is 353 g/mol. The Bertz CT molecular complexity index is 664. The van der Waals surface area contributed by atoms with Gasteiger partial charge in [-0.25, -0.2) is 4.39 Å². The molecule has 0 aliphatic carbocycles. The van der Waals surface area contributed by atoms with Crippen LogP contribution in [0.3, 0.4) is 0 Å². The first-order chi connectivity index (χ1) is 12.1. The van der Waals surface area contributed by atoms with E-state index in [1.807, 2.05) is 31.2 Å². The topological polar surface area (TPSA) is 30.5 Å². The molecule has 144 valence electrons. The molecule has 5 heteroatoms. The molecule has 26 heavy (non-hydrogen) atoms. The number of ether oxygens (including phenoxy) is 2.